The smallest absolute Gasteiger partial charge is 0.275 e. The fraction of sp³-hybridized carbons (Fsp3) is 0.286. The molecule has 0 saturated heterocycles. The summed E-state index contributed by atoms with van der Waals surface area (Å²) in [6, 6.07) is 9.45. The molecule has 1 amide bonds. The van der Waals surface area contributed by atoms with Gasteiger partial charge in [-0.1, -0.05) is 6.07 Å². The van der Waals surface area contributed by atoms with Crippen LogP contribution in [0, 0.1) is 13.8 Å². The Morgan fingerprint density at radius 1 is 1.07 bits per heavy atom. The number of carbonyl (C=O) groups is 1. The summed E-state index contributed by atoms with van der Waals surface area (Å²) in [5.74, 6) is 1.29. The lowest BCUT2D eigenvalue weighted by Crippen LogP contribution is -2.25. The fourth-order valence-corrected chi connectivity index (χ4v) is 3.00. The van der Waals surface area contributed by atoms with E-state index in [-0.39, 0.29) is 24.3 Å². The topological polar surface area (TPSA) is 82.6 Å². The van der Waals surface area contributed by atoms with E-state index >= 15 is 0 Å². The van der Waals surface area contributed by atoms with Crippen LogP contribution in [0.3, 0.4) is 0 Å². The average Bonchev–Trinajstić information content (AvgIpc) is 3.15. The maximum atomic E-state index is 12.8. The molecule has 1 N–H and O–H groups in total. The summed E-state index contributed by atoms with van der Waals surface area (Å²) < 4.78 is 16.3. The molecule has 2 aromatic carbocycles. The van der Waals surface area contributed by atoms with E-state index in [4.69, 9.17) is 14.2 Å². The van der Waals surface area contributed by atoms with Crippen LogP contribution in [0.2, 0.25) is 0 Å². The van der Waals surface area contributed by atoms with Crippen LogP contribution in [-0.4, -0.2) is 29.3 Å². The SMILES string of the molecule is CCOc1nc2cc(C)c(C)cc2nc1C(=O)NCc1ccc2c(c1)OCO2. The molecule has 3 aromatic rings. The van der Waals surface area contributed by atoms with Gasteiger partial charge in [-0.2, -0.15) is 0 Å². The first-order chi connectivity index (χ1) is 13.5. The summed E-state index contributed by atoms with van der Waals surface area (Å²) in [4.78, 5) is 21.8. The second kappa shape index (κ2) is 7.34. The molecule has 0 radical (unpaired) electrons. The number of fused-ring (bicyclic) bond motifs is 2. The van der Waals surface area contributed by atoms with Gasteiger partial charge in [-0.25, -0.2) is 9.97 Å². The first-order valence-corrected chi connectivity index (χ1v) is 9.13. The zero-order chi connectivity index (χ0) is 19.7. The lowest BCUT2D eigenvalue weighted by atomic mass is 10.1. The molecule has 0 aliphatic carbocycles. The Hall–Kier alpha value is -3.35. The summed E-state index contributed by atoms with van der Waals surface area (Å²) in [7, 11) is 0. The number of ether oxygens (including phenoxy) is 3. The third-order valence-electron chi connectivity index (χ3n) is 4.63. The molecular formula is C21H21N3O4. The number of aryl methyl sites for hydroxylation is 2. The number of rotatable bonds is 5. The highest BCUT2D eigenvalue weighted by atomic mass is 16.7. The van der Waals surface area contributed by atoms with Crippen molar-refractivity contribution in [2.24, 2.45) is 0 Å². The molecule has 0 atom stereocenters. The van der Waals surface area contributed by atoms with Crippen molar-refractivity contribution in [2.45, 2.75) is 27.3 Å². The molecule has 144 valence electrons. The summed E-state index contributed by atoms with van der Waals surface area (Å²) in [5.41, 5.74) is 4.66. The standard InChI is InChI=1S/C21H21N3O4/c1-4-26-21-19(23-15-7-12(2)13(3)8-16(15)24-21)20(25)22-10-14-5-6-17-18(9-14)28-11-27-17/h5-9H,4,10-11H2,1-3H3,(H,22,25). The van der Waals surface area contributed by atoms with Crippen molar-refractivity contribution >= 4 is 16.9 Å². The van der Waals surface area contributed by atoms with Crippen LogP contribution in [-0.2, 0) is 6.54 Å². The molecule has 7 heteroatoms. The van der Waals surface area contributed by atoms with Gasteiger partial charge in [0.1, 0.15) is 0 Å². The number of hydrogen-bond donors (Lipinski definition) is 1. The van der Waals surface area contributed by atoms with Crippen LogP contribution in [0.15, 0.2) is 30.3 Å². The van der Waals surface area contributed by atoms with E-state index in [1.807, 2.05) is 51.1 Å². The molecule has 28 heavy (non-hydrogen) atoms. The highest BCUT2D eigenvalue weighted by Crippen LogP contribution is 2.32. The van der Waals surface area contributed by atoms with E-state index in [1.165, 1.54) is 0 Å². The minimum Gasteiger partial charge on any atom is -0.476 e. The maximum Gasteiger partial charge on any atom is 0.275 e. The van der Waals surface area contributed by atoms with Gasteiger partial charge in [0.25, 0.3) is 5.91 Å². The van der Waals surface area contributed by atoms with Gasteiger partial charge in [0, 0.05) is 6.54 Å². The Morgan fingerprint density at radius 3 is 2.54 bits per heavy atom. The highest BCUT2D eigenvalue weighted by molar-refractivity contribution is 5.96. The number of amides is 1. The van der Waals surface area contributed by atoms with Gasteiger partial charge in [-0.05, 0) is 61.7 Å². The minimum atomic E-state index is -0.339. The zero-order valence-corrected chi connectivity index (χ0v) is 16.0. The number of nitrogens with zero attached hydrogens (tertiary/aromatic N) is 2. The Bertz CT molecular complexity index is 1070. The van der Waals surface area contributed by atoms with E-state index in [0.29, 0.717) is 35.7 Å². The van der Waals surface area contributed by atoms with E-state index in [1.54, 1.807) is 0 Å². The van der Waals surface area contributed by atoms with Gasteiger partial charge in [-0.3, -0.25) is 4.79 Å². The second-order valence-electron chi connectivity index (χ2n) is 6.61. The van der Waals surface area contributed by atoms with Crippen LogP contribution in [0.5, 0.6) is 17.4 Å². The Balaban J connectivity index is 1.60. The molecule has 4 rings (SSSR count). The van der Waals surface area contributed by atoms with E-state index < -0.39 is 0 Å². The normalized spacial score (nSPS) is 12.2. The predicted octanol–water partition coefficient (Wildman–Crippen LogP) is 3.30. The molecule has 1 aliphatic rings. The number of nitrogens with one attached hydrogen (secondary N) is 1. The Morgan fingerprint density at radius 2 is 1.79 bits per heavy atom. The molecule has 2 heterocycles. The maximum absolute atomic E-state index is 12.8. The number of aromatic nitrogens is 2. The third-order valence-corrected chi connectivity index (χ3v) is 4.63. The largest absolute Gasteiger partial charge is 0.476 e. The lowest BCUT2D eigenvalue weighted by Gasteiger charge is -2.11. The van der Waals surface area contributed by atoms with Gasteiger partial charge < -0.3 is 19.5 Å². The van der Waals surface area contributed by atoms with Crippen LogP contribution in [0.1, 0.15) is 34.1 Å². The summed E-state index contributed by atoms with van der Waals surface area (Å²) in [5, 5.41) is 2.88. The van der Waals surface area contributed by atoms with Crippen LogP contribution >= 0.6 is 0 Å². The Labute approximate surface area is 162 Å². The van der Waals surface area contributed by atoms with Gasteiger partial charge in [0.05, 0.1) is 17.6 Å². The second-order valence-corrected chi connectivity index (χ2v) is 6.61. The summed E-state index contributed by atoms with van der Waals surface area (Å²) in [6.07, 6.45) is 0. The highest BCUT2D eigenvalue weighted by Gasteiger charge is 2.19. The van der Waals surface area contributed by atoms with Gasteiger partial charge in [-0.15, -0.1) is 0 Å². The van der Waals surface area contributed by atoms with Crippen LogP contribution in [0.4, 0.5) is 0 Å². The van der Waals surface area contributed by atoms with Crippen LogP contribution in [0.25, 0.3) is 11.0 Å². The predicted molar refractivity (Wildman–Crippen MR) is 104 cm³/mol. The molecule has 0 saturated carbocycles. The van der Waals surface area contributed by atoms with Crippen molar-refractivity contribution in [1.82, 2.24) is 15.3 Å². The molecule has 1 aliphatic heterocycles. The molecular weight excluding hydrogens is 358 g/mol. The van der Waals surface area contributed by atoms with E-state index in [0.717, 1.165) is 16.7 Å². The zero-order valence-electron chi connectivity index (χ0n) is 16.0. The van der Waals surface area contributed by atoms with Gasteiger partial charge >= 0.3 is 0 Å². The fourth-order valence-electron chi connectivity index (χ4n) is 3.00. The number of benzene rings is 2. The monoisotopic (exact) mass is 379 g/mol. The quantitative estimate of drug-likeness (QED) is 0.732. The van der Waals surface area contributed by atoms with Crippen LogP contribution < -0.4 is 19.5 Å². The molecule has 0 fully saturated rings. The van der Waals surface area contributed by atoms with E-state index in [9.17, 15) is 4.79 Å². The van der Waals surface area contributed by atoms with Gasteiger partial charge in [0.2, 0.25) is 12.7 Å². The first kappa shape index (κ1) is 18.0. The minimum absolute atomic E-state index is 0.179. The lowest BCUT2D eigenvalue weighted by molar-refractivity contribution is 0.0941. The first-order valence-electron chi connectivity index (χ1n) is 9.13. The Kier molecular flexibility index (Phi) is 4.73. The number of hydrogen-bond acceptors (Lipinski definition) is 6. The van der Waals surface area contributed by atoms with E-state index in [2.05, 4.69) is 15.3 Å². The van der Waals surface area contributed by atoms with Crippen molar-refractivity contribution in [3.05, 3.63) is 52.7 Å². The summed E-state index contributed by atoms with van der Waals surface area (Å²) in [6.45, 7) is 6.81. The molecule has 0 spiro atoms. The van der Waals surface area contributed by atoms with Crippen molar-refractivity contribution < 1.29 is 19.0 Å². The average molecular weight is 379 g/mol. The third kappa shape index (κ3) is 3.43. The van der Waals surface area contributed by atoms with Crippen molar-refractivity contribution in [1.29, 1.82) is 0 Å². The molecule has 1 aromatic heterocycles. The number of carbonyl (C=O) groups excluding carboxylic acids is 1. The summed E-state index contributed by atoms with van der Waals surface area (Å²) >= 11 is 0. The van der Waals surface area contributed by atoms with Crippen molar-refractivity contribution in [3.8, 4) is 17.4 Å². The molecule has 7 nitrogen and oxygen atoms in total. The van der Waals surface area contributed by atoms with Gasteiger partial charge in [0.15, 0.2) is 17.2 Å². The van der Waals surface area contributed by atoms with Crippen molar-refractivity contribution in [2.75, 3.05) is 13.4 Å². The molecule has 0 bridgehead atoms. The molecule has 0 unspecified atom stereocenters. The van der Waals surface area contributed by atoms with Crippen molar-refractivity contribution in [3.63, 3.8) is 0 Å².